The van der Waals surface area contributed by atoms with Crippen molar-refractivity contribution in [1.29, 1.82) is 0 Å². The van der Waals surface area contributed by atoms with Crippen LogP contribution in [0.15, 0.2) is 12.4 Å². The number of rotatable bonds is 6. The first kappa shape index (κ1) is 18.1. The molecular weight excluding hydrogens is 334 g/mol. The predicted molar refractivity (Wildman–Crippen MR) is 102 cm³/mol. The van der Waals surface area contributed by atoms with E-state index in [1.54, 1.807) is 17.7 Å². The van der Waals surface area contributed by atoms with Crippen molar-refractivity contribution in [3.8, 4) is 0 Å². The second-order valence-electron chi connectivity index (χ2n) is 6.65. The number of nitrogens with one attached hydrogen (secondary N) is 1. The maximum absolute atomic E-state index is 11.6. The Morgan fingerprint density at radius 2 is 2.00 bits per heavy atom. The standard InChI is InChI=1S/C19H27N3O2S/c1-2-24-17(23)11-10-15-12-16-18(20-13-21-19(16)25-15)22-14-8-6-4-3-5-7-9-14/h12-14H,2-11H2,1H3,(H,20,21,22). The van der Waals surface area contributed by atoms with Gasteiger partial charge in [0.2, 0.25) is 0 Å². The molecule has 0 unspecified atom stereocenters. The van der Waals surface area contributed by atoms with Gasteiger partial charge in [-0.2, -0.15) is 0 Å². The highest BCUT2D eigenvalue weighted by Crippen LogP contribution is 2.30. The molecule has 0 aliphatic heterocycles. The molecule has 25 heavy (non-hydrogen) atoms. The summed E-state index contributed by atoms with van der Waals surface area (Å²) in [5, 5.41) is 4.73. The molecule has 0 aromatic carbocycles. The fraction of sp³-hybridized carbons (Fsp3) is 0.632. The molecular formula is C19H27N3O2S. The van der Waals surface area contributed by atoms with Crippen LogP contribution >= 0.6 is 11.3 Å². The van der Waals surface area contributed by atoms with E-state index in [-0.39, 0.29) is 5.97 Å². The van der Waals surface area contributed by atoms with E-state index < -0.39 is 0 Å². The van der Waals surface area contributed by atoms with Crippen molar-refractivity contribution in [2.75, 3.05) is 11.9 Å². The third kappa shape index (κ3) is 5.14. The number of aryl methyl sites for hydroxylation is 1. The van der Waals surface area contributed by atoms with Crippen molar-refractivity contribution >= 4 is 33.3 Å². The lowest BCUT2D eigenvalue weighted by atomic mass is 9.97. The van der Waals surface area contributed by atoms with Crippen molar-refractivity contribution in [2.24, 2.45) is 0 Å². The van der Waals surface area contributed by atoms with E-state index in [0.717, 1.165) is 20.9 Å². The molecule has 1 fully saturated rings. The molecule has 0 bridgehead atoms. The zero-order valence-electron chi connectivity index (χ0n) is 14.9. The van der Waals surface area contributed by atoms with Crippen LogP contribution in [0.25, 0.3) is 10.2 Å². The van der Waals surface area contributed by atoms with Gasteiger partial charge >= 0.3 is 5.97 Å². The number of carbonyl (C=O) groups is 1. The number of hydrogen-bond acceptors (Lipinski definition) is 6. The van der Waals surface area contributed by atoms with E-state index in [2.05, 4.69) is 21.4 Å². The SMILES string of the molecule is CCOC(=O)CCc1cc2c(NC3CCCCCCC3)ncnc2s1. The van der Waals surface area contributed by atoms with E-state index in [1.807, 2.05) is 6.92 Å². The van der Waals surface area contributed by atoms with Crippen molar-refractivity contribution in [1.82, 2.24) is 9.97 Å². The average Bonchev–Trinajstić information content (AvgIpc) is 2.99. The fourth-order valence-corrected chi connectivity index (χ4v) is 4.39. The third-order valence-electron chi connectivity index (χ3n) is 4.71. The number of fused-ring (bicyclic) bond motifs is 1. The summed E-state index contributed by atoms with van der Waals surface area (Å²) in [5.74, 6) is 0.799. The van der Waals surface area contributed by atoms with Gasteiger partial charge in [0.1, 0.15) is 17.0 Å². The van der Waals surface area contributed by atoms with E-state index in [0.29, 0.717) is 25.5 Å². The van der Waals surface area contributed by atoms with Crippen LogP contribution < -0.4 is 5.32 Å². The Morgan fingerprint density at radius 3 is 2.76 bits per heavy atom. The minimum Gasteiger partial charge on any atom is -0.466 e. The Kier molecular flexibility index (Phi) is 6.62. The van der Waals surface area contributed by atoms with Gasteiger partial charge in [0, 0.05) is 10.9 Å². The van der Waals surface area contributed by atoms with Gasteiger partial charge in [0.05, 0.1) is 18.4 Å². The molecule has 1 saturated carbocycles. The molecule has 136 valence electrons. The minimum atomic E-state index is -0.140. The van der Waals surface area contributed by atoms with Crippen molar-refractivity contribution < 1.29 is 9.53 Å². The van der Waals surface area contributed by atoms with E-state index >= 15 is 0 Å². The number of ether oxygens (including phenoxy) is 1. The molecule has 1 N–H and O–H groups in total. The predicted octanol–water partition coefficient (Wildman–Crippen LogP) is 4.71. The van der Waals surface area contributed by atoms with Crippen molar-refractivity contribution in [3.05, 3.63) is 17.3 Å². The molecule has 1 aliphatic carbocycles. The quantitative estimate of drug-likeness (QED) is 0.755. The minimum absolute atomic E-state index is 0.140. The van der Waals surface area contributed by atoms with Crippen LogP contribution in [-0.4, -0.2) is 28.6 Å². The summed E-state index contributed by atoms with van der Waals surface area (Å²) in [6.07, 6.45) is 11.8. The normalized spacial score (nSPS) is 16.4. The Balaban J connectivity index is 1.69. The Bertz CT molecular complexity index is 693. The van der Waals surface area contributed by atoms with Gasteiger partial charge in [-0.25, -0.2) is 9.97 Å². The second-order valence-corrected chi connectivity index (χ2v) is 7.76. The van der Waals surface area contributed by atoms with Gasteiger partial charge < -0.3 is 10.1 Å². The number of hydrogen-bond donors (Lipinski definition) is 1. The molecule has 6 heteroatoms. The Labute approximate surface area is 153 Å². The summed E-state index contributed by atoms with van der Waals surface area (Å²) in [6.45, 7) is 2.27. The monoisotopic (exact) mass is 361 g/mol. The van der Waals surface area contributed by atoms with E-state index in [4.69, 9.17) is 4.74 Å². The molecule has 5 nitrogen and oxygen atoms in total. The molecule has 2 aromatic heterocycles. The van der Waals surface area contributed by atoms with Gasteiger partial charge in [-0.15, -0.1) is 11.3 Å². The Hall–Kier alpha value is -1.69. The fourth-order valence-electron chi connectivity index (χ4n) is 3.40. The van der Waals surface area contributed by atoms with Gasteiger partial charge in [-0.3, -0.25) is 4.79 Å². The molecule has 0 radical (unpaired) electrons. The zero-order chi connectivity index (χ0) is 17.5. The lowest BCUT2D eigenvalue weighted by molar-refractivity contribution is -0.143. The molecule has 0 saturated heterocycles. The molecule has 3 rings (SSSR count). The largest absolute Gasteiger partial charge is 0.466 e. The number of thiophene rings is 1. The van der Waals surface area contributed by atoms with Crippen molar-refractivity contribution in [2.45, 2.75) is 70.8 Å². The second kappa shape index (κ2) is 9.13. The van der Waals surface area contributed by atoms with Crippen LogP contribution in [0.4, 0.5) is 5.82 Å². The zero-order valence-corrected chi connectivity index (χ0v) is 15.7. The maximum atomic E-state index is 11.6. The van der Waals surface area contributed by atoms with E-state index in [1.165, 1.54) is 44.9 Å². The molecule has 2 aromatic rings. The molecule has 0 amide bonds. The first-order valence-corrected chi connectivity index (χ1v) is 10.2. The molecule has 0 atom stereocenters. The first-order valence-electron chi connectivity index (χ1n) is 9.42. The summed E-state index contributed by atoms with van der Waals surface area (Å²) in [7, 11) is 0. The lowest BCUT2D eigenvalue weighted by Gasteiger charge is -2.21. The topological polar surface area (TPSA) is 64.1 Å². The first-order chi connectivity index (χ1) is 12.3. The number of aromatic nitrogens is 2. The molecule has 1 aliphatic rings. The average molecular weight is 362 g/mol. The molecule has 2 heterocycles. The summed E-state index contributed by atoms with van der Waals surface area (Å²) in [5.41, 5.74) is 0. The smallest absolute Gasteiger partial charge is 0.306 e. The van der Waals surface area contributed by atoms with Crippen LogP contribution in [0.3, 0.4) is 0 Å². The third-order valence-corrected chi connectivity index (χ3v) is 5.81. The summed E-state index contributed by atoms with van der Waals surface area (Å²) < 4.78 is 5.01. The number of carbonyl (C=O) groups excluding carboxylic acids is 1. The summed E-state index contributed by atoms with van der Waals surface area (Å²) in [4.78, 5) is 22.6. The number of anilines is 1. The highest BCUT2D eigenvalue weighted by atomic mass is 32.1. The Morgan fingerprint density at radius 1 is 1.24 bits per heavy atom. The van der Waals surface area contributed by atoms with Crippen LogP contribution in [0.1, 0.15) is 63.2 Å². The van der Waals surface area contributed by atoms with Crippen molar-refractivity contribution in [3.63, 3.8) is 0 Å². The summed E-state index contributed by atoms with van der Waals surface area (Å²) >= 11 is 1.64. The van der Waals surface area contributed by atoms with Gasteiger partial charge in [0.25, 0.3) is 0 Å². The van der Waals surface area contributed by atoms with Gasteiger partial charge in [-0.1, -0.05) is 32.1 Å². The van der Waals surface area contributed by atoms with Gasteiger partial charge in [-0.05, 0) is 32.3 Å². The van der Waals surface area contributed by atoms with Crippen LogP contribution in [0, 0.1) is 0 Å². The molecule has 0 spiro atoms. The maximum Gasteiger partial charge on any atom is 0.306 e. The highest BCUT2D eigenvalue weighted by Gasteiger charge is 2.15. The van der Waals surface area contributed by atoms with Gasteiger partial charge in [0.15, 0.2) is 0 Å². The highest BCUT2D eigenvalue weighted by molar-refractivity contribution is 7.18. The lowest BCUT2D eigenvalue weighted by Crippen LogP contribution is -2.21. The van der Waals surface area contributed by atoms with E-state index in [9.17, 15) is 4.79 Å². The number of nitrogens with zero attached hydrogens (tertiary/aromatic N) is 2. The van der Waals surface area contributed by atoms with Crippen LogP contribution in [-0.2, 0) is 16.0 Å². The summed E-state index contributed by atoms with van der Waals surface area (Å²) in [6, 6.07) is 2.63. The van der Waals surface area contributed by atoms with Crippen LogP contribution in [0.5, 0.6) is 0 Å². The number of esters is 1. The van der Waals surface area contributed by atoms with Crippen LogP contribution in [0.2, 0.25) is 0 Å².